The minimum Gasteiger partial charge on any atom is -0.263 e. The molecule has 0 saturated heterocycles. The highest BCUT2D eigenvalue weighted by Crippen LogP contribution is 2.23. The minimum atomic E-state index is -3.92. The molecule has 0 saturated carbocycles. The van der Waals surface area contributed by atoms with Crippen LogP contribution in [0.3, 0.4) is 0 Å². The van der Waals surface area contributed by atoms with Gasteiger partial charge in [0.15, 0.2) is 0 Å². The van der Waals surface area contributed by atoms with Crippen LogP contribution in [0.1, 0.15) is 5.69 Å². The Morgan fingerprint density at radius 2 is 1.70 bits per heavy atom. The molecule has 12 nitrogen and oxygen atoms in total. The lowest BCUT2D eigenvalue weighted by Gasteiger charge is -2.11. The fraction of sp³-hybridized carbons (Fsp3) is 0.0588. The minimum absolute atomic E-state index is 0.0356. The Morgan fingerprint density at radius 3 is 2.30 bits per heavy atom. The van der Waals surface area contributed by atoms with E-state index in [0.29, 0.717) is 17.1 Å². The second kappa shape index (κ2) is 7.36. The van der Waals surface area contributed by atoms with E-state index in [1.165, 1.54) is 52.1 Å². The van der Waals surface area contributed by atoms with Crippen LogP contribution in [0.4, 0.5) is 11.5 Å². The highest BCUT2D eigenvalue weighted by atomic mass is 32.2. The predicted octanol–water partition coefficient (Wildman–Crippen LogP) is 1.87. The quantitative estimate of drug-likeness (QED) is 0.362. The topological polar surface area (TPSA) is 151 Å². The highest BCUT2D eigenvalue weighted by molar-refractivity contribution is 7.92. The summed E-state index contributed by atoms with van der Waals surface area (Å²) in [6.45, 7) is 1.71. The van der Waals surface area contributed by atoms with E-state index in [-0.39, 0.29) is 16.4 Å². The van der Waals surface area contributed by atoms with Crippen LogP contribution < -0.4 is 4.72 Å². The Balaban J connectivity index is 1.63. The Kier molecular flexibility index (Phi) is 4.71. The number of rotatable bonds is 6. The van der Waals surface area contributed by atoms with E-state index in [1.54, 1.807) is 25.1 Å². The molecular formula is C17H14N8O4S. The van der Waals surface area contributed by atoms with Crippen LogP contribution in [-0.4, -0.2) is 43.3 Å². The molecule has 2 aromatic heterocycles. The van der Waals surface area contributed by atoms with Crippen molar-refractivity contribution in [2.24, 2.45) is 0 Å². The summed E-state index contributed by atoms with van der Waals surface area (Å²) < 4.78 is 31.0. The Hall–Kier alpha value is -4.13. The van der Waals surface area contributed by atoms with E-state index in [2.05, 4.69) is 25.3 Å². The van der Waals surface area contributed by atoms with Crippen LogP contribution in [0.2, 0.25) is 0 Å². The average Bonchev–Trinajstić information content (AvgIpc) is 3.38. The summed E-state index contributed by atoms with van der Waals surface area (Å²) in [6.07, 6.45) is 1.40. The lowest BCUT2D eigenvalue weighted by atomic mass is 10.3. The van der Waals surface area contributed by atoms with Crippen LogP contribution in [0, 0.1) is 17.0 Å². The van der Waals surface area contributed by atoms with Crippen molar-refractivity contribution in [3.05, 3.63) is 76.7 Å². The number of hydrogen-bond acceptors (Lipinski definition) is 8. The number of sulfonamides is 1. The molecule has 152 valence electrons. The summed E-state index contributed by atoms with van der Waals surface area (Å²) in [7, 11) is -3.92. The zero-order valence-corrected chi connectivity index (χ0v) is 16.3. The van der Waals surface area contributed by atoms with E-state index >= 15 is 0 Å². The van der Waals surface area contributed by atoms with Gasteiger partial charge in [0.2, 0.25) is 0 Å². The zero-order chi connectivity index (χ0) is 21.3. The van der Waals surface area contributed by atoms with E-state index in [4.69, 9.17) is 0 Å². The maximum absolute atomic E-state index is 12.8. The lowest BCUT2D eigenvalue weighted by molar-refractivity contribution is -0.384. The third-order valence-electron chi connectivity index (χ3n) is 4.14. The molecule has 0 unspecified atom stereocenters. The number of nitrogens with one attached hydrogen (secondary N) is 1. The van der Waals surface area contributed by atoms with Gasteiger partial charge >= 0.3 is 0 Å². The van der Waals surface area contributed by atoms with Crippen LogP contribution >= 0.6 is 0 Å². The highest BCUT2D eigenvalue weighted by Gasteiger charge is 2.19. The van der Waals surface area contributed by atoms with E-state index in [9.17, 15) is 18.5 Å². The maximum Gasteiger partial charge on any atom is 0.269 e. The first kappa shape index (κ1) is 19.2. The van der Waals surface area contributed by atoms with Crippen molar-refractivity contribution in [1.82, 2.24) is 30.0 Å². The van der Waals surface area contributed by atoms with Crippen LogP contribution in [0.25, 0.3) is 11.4 Å². The number of nitrogens with zero attached hydrogens (tertiary/aromatic N) is 7. The van der Waals surface area contributed by atoms with Gasteiger partial charge in [-0.15, -0.1) is 5.10 Å². The zero-order valence-electron chi connectivity index (χ0n) is 15.4. The maximum atomic E-state index is 12.8. The average molecular weight is 426 g/mol. The standard InChI is InChI=1S/C17H14N8O4S/c1-12-10-17(24(19-12)14-2-4-15(5-3-14)25(26)27)20-30(28,29)16-8-6-13(7-9-16)23-11-18-21-22-23/h2-11,20H,1H3. The number of nitro groups is 1. The summed E-state index contributed by atoms with van der Waals surface area (Å²) >= 11 is 0. The lowest BCUT2D eigenvalue weighted by Crippen LogP contribution is -2.16. The van der Waals surface area contributed by atoms with Crippen molar-refractivity contribution in [3.63, 3.8) is 0 Å². The third kappa shape index (κ3) is 3.73. The first-order valence-electron chi connectivity index (χ1n) is 8.51. The monoisotopic (exact) mass is 426 g/mol. The molecule has 4 aromatic rings. The van der Waals surface area contributed by atoms with Crippen molar-refractivity contribution in [1.29, 1.82) is 0 Å². The molecule has 0 spiro atoms. The first-order valence-corrected chi connectivity index (χ1v) is 9.99. The number of anilines is 1. The van der Waals surface area contributed by atoms with Gasteiger partial charge in [0.1, 0.15) is 12.1 Å². The van der Waals surface area contributed by atoms with Crippen LogP contribution in [0.15, 0.2) is 65.8 Å². The molecule has 0 radical (unpaired) electrons. The molecule has 0 bridgehead atoms. The van der Waals surface area contributed by atoms with Gasteiger partial charge < -0.3 is 0 Å². The number of aromatic nitrogens is 6. The smallest absolute Gasteiger partial charge is 0.263 e. The van der Waals surface area contributed by atoms with Gasteiger partial charge in [-0.05, 0) is 53.7 Å². The molecule has 0 aliphatic carbocycles. The number of nitro benzene ring substituents is 1. The number of non-ortho nitro benzene ring substituents is 1. The molecule has 0 aliphatic rings. The molecule has 30 heavy (non-hydrogen) atoms. The number of aryl methyl sites for hydroxylation is 1. The van der Waals surface area contributed by atoms with E-state index in [1.807, 2.05) is 0 Å². The fourth-order valence-corrected chi connectivity index (χ4v) is 3.77. The second-order valence-electron chi connectivity index (χ2n) is 6.21. The normalized spacial score (nSPS) is 11.4. The van der Waals surface area contributed by atoms with Crippen molar-refractivity contribution in [2.45, 2.75) is 11.8 Å². The Morgan fingerprint density at radius 1 is 1.03 bits per heavy atom. The fourth-order valence-electron chi connectivity index (χ4n) is 2.74. The number of benzene rings is 2. The van der Waals surface area contributed by atoms with Gasteiger partial charge in [0.05, 0.1) is 26.9 Å². The van der Waals surface area contributed by atoms with Gasteiger partial charge in [-0.3, -0.25) is 14.8 Å². The summed E-state index contributed by atoms with van der Waals surface area (Å²) in [5.74, 6) is 0.200. The molecular weight excluding hydrogens is 412 g/mol. The van der Waals surface area contributed by atoms with Gasteiger partial charge in [-0.25, -0.2) is 17.8 Å². The molecule has 2 aromatic carbocycles. The Labute approximate surface area is 170 Å². The van der Waals surface area contributed by atoms with Crippen LogP contribution in [0.5, 0.6) is 0 Å². The molecule has 13 heteroatoms. The molecule has 2 heterocycles. The van der Waals surface area contributed by atoms with Crippen molar-refractivity contribution >= 4 is 21.5 Å². The number of tetrazole rings is 1. The second-order valence-corrected chi connectivity index (χ2v) is 7.89. The van der Waals surface area contributed by atoms with Crippen molar-refractivity contribution < 1.29 is 13.3 Å². The Bertz CT molecular complexity index is 1300. The SMILES string of the molecule is Cc1cc(NS(=O)(=O)c2ccc(-n3cnnn3)cc2)n(-c2ccc([N+](=O)[O-])cc2)n1. The summed E-state index contributed by atoms with van der Waals surface area (Å²) in [5, 5.41) is 25.9. The summed E-state index contributed by atoms with van der Waals surface area (Å²) in [6, 6.07) is 13.2. The van der Waals surface area contributed by atoms with Crippen molar-refractivity contribution in [3.8, 4) is 11.4 Å². The van der Waals surface area contributed by atoms with Gasteiger partial charge in [0.25, 0.3) is 15.7 Å². The molecule has 0 fully saturated rings. The summed E-state index contributed by atoms with van der Waals surface area (Å²) in [4.78, 5) is 10.4. The molecule has 0 aliphatic heterocycles. The van der Waals surface area contributed by atoms with Gasteiger partial charge in [0, 0.05) is 18.2 Å². The molecule has 0 amide bonds. The predicted molar refractivity (Wildman–Crippen MR) is 105 cm³/mol. The van der Waals surface area contributed by atoms with Gasteiger partial charge in [-0.2, -0.15) is 5.10 Å². The van der Waals surface area contributed by atoms with E-state index in [0.717, 1.165) is 0 Å². The molecule has 1 N–H and O–H groups in total. The van der Waals surface area contributed by atoms with Gasteiger partial charge in [-0.1, -0.05) is 0 Å². The molecule has 4 rings (SSSR count). The van der Waals surface area contributed by atoms with Crippen molar-refractivity contribution in [2.75, 3.05) is 4.72 Å². The summed E-state index contributed by atoms with van der Waals surface area (Å²) in [5.41, 5.74) is 1.57. The molecule has 0 atom stereocenters. The van der Waals surface area contributed by atoms with Crippen LogP contribution in [-0.2, 0) is 10.0 Å². The number of hydrogen-bond donors (Lipinski definition) is 1. The third-order valence-corrected chi connectivity index (χ3v) is 5.51. The van der Waals surface area contributed by atoms with E-state index < -0.39 is 14.9 Å². The largest absolute Gasteiger partial charge is 0.269 e. The first-order chi connectivity index (χ1) is 14.3.